The van der Waals surface area contributed by atoms with Crippen molar-refractivity contribution >= 4 is 22.7 Å². The van der Waals surface area contributed by atoms with Crippen molar-refractivity contribution in [3.63, 3.8) is 0 Å². The van der Waals surface area contributed by atoms with Crippen molar-refractivity contribution in [3.8, 4) is 0 Å². The molecular weight excluding hydrogens is 469 g/mol. The second-order valence-electron chi connectivity index (χ2n) is 10.3. The molecule has 2 fully saturated rings. The highest BCUT2D eigenvalue weighted by atomic mass is 19.1. The fourth-order valence-corrected chi connectivity index (χ4v) is 5.35. The van der Waals surface area contributed by atoms with Gasteiger partial charge in [0.25, 0.3) is 5.91 Å². The number of hydrogen-bond acceptors (Lipinski definition) is 4. The number of nitrogens with zero attached hydrogens (tertiary/aromatic N) is 4. The van der Waals surface area contributed by atoms with E-state index in [1.54, 1.807) is 12.1 Å². The minimum absolute atomic E-state index is 0.0685. The number of fused-ring (bicyclic) bond motifs is 1. The van der Waals surface area contributed by atoms with E-state index in [0.717, 1.165) is 86.2 Å². The lowest BCUT2D eigenvalue weighted by Crippen LogP contribution is -2.54. The Labute approximate surface area is 217 Å². The summed E-state index contributed by atoms with van der Waals surface area (Å²) < 4.78 is 13.6. The number of carbonyl (C=O) groups excluding carboxylic acids is 2. The average Bonchev–Trinajstić information content (AvgIpc) is 3.31. The molecule has 37 heavy (non-hydrogen) atoms. The van der Waals surface area contributed by atoms with Gasteiger partial charge in [-0.2, -0.15) is 0 Å². The maximum atomic E-state index is 13.6. The Morgan fingerprint density at radius 1 is 0.865 bits per heavy atom. The maximum Gasteiger partial charge on any atom is 0.253 e. The van der Waals surface area contributed by atoms with E-state index in [1.165, 1.54) is 6.07 Å². The predicted octanol–water partition coefficient (Wildman–Crippen LogP) is 3.15. The number of rotatable bonds is 7. The molecule has 3 aromatic rings. The van der Waals surface area contributed by atoms with Gasteiger partial charge in [0.1, 0.15) is 5.82 Å². The van der Waals surface area contributed by atoms with Gasteiger partial charge < -0.3 is 14.8 Å². The van der Waals surface area contributed by atoms with Gasteiger partial charge in [0.15, 0.2) is 0 Å². The van der Waals surface area contributed by atoms with E-state index in [2.05, 4.69) is 14.8 Å². The summed E-state index contributed by atoms with van der Waals surface area (Å²) in [5.41, 5.74) is 4.00. The summed E-state index contributed by atoms with van der Waals surface area (Å²) >= 11 is 0. The number of aromatic amines is 1. The molecule has 0 bridgehead atoms. The Balaban J connectivity index is 1.01. The maximum absolute atomic E-state index is 13.6. The van der Waals surface area contributed by atoms with Gasteiger partial charge in [0.05, 0.1) is 6.54 Å². The van der Waals surface area contributed by atoms with Crippen molar-refractivity contribution in [1.29, 1.82) is 0 Å². The fraction of sp³-hybridized carbons (Fsp3) is 0.448. The average molecular weight is 506 g/mol. The minimum Gasteiger partial charge on any atom is -0.361 e. The highest BCUT2D eigenvalue weighted by Crippen LogP contribution is 2.21. The van der Waals surface area contributed by atoms with Gasteiger partial charge in [-0.05, 0) is 62.2 Å². The Kier molecular flexibility index (Phi) is 7.86. The number of piperazine rings is 2. The Morgan fingerprint density at radius 2 is 1.54 bits per heavy atom. The molecule has 2 amide bonds. The van der Waals surface area contributed by atoms with Crippen LogP contribution < -0.4 is 0 Å². The summed E-state index contributed by atoms with van der Waals surface area (Å²) in [6.45, 7) is 9.42. The molecule has 0 radical (unpaired) electrons. The summed E-state index contributed by atoms with van der Waals surface area (Å²) in [7, 11) is 0. The summed E-state index contributed by atoms with van der Waals surface area (Å²) in [6, 6.07) is 12.6. The number of hydrogen-bond donors (Lipinski definition) is 1. The Morgan fingerprint density at radius 3 is 2.27 bits per heavy atom. The van der Waals surface area contributed by atoms with Crippen LogP contribution in [0.2, 0.25) is 0 Å². The molecule has 0 unspecified atom stereocenters. The fourth-order valence-electron chi connectivity index (χ4n) is 5.35. The Hall–Kier alpha value is -3.23. The van der Waals surface area contributed by atoms with Crippen molar-refractivity contribution in [2.24, 2.45) is 0 Å². The number of carbonyl (C=O) groups is 2. The van der Waals surface area contributed by atoms with Crippen molar-refractivity contribution in [3.05, 3.63) is 71.2 Å². The molecular formula is C29H36FN5O2. The summed E-state index contributed by atoms with van der Waals surface area (Å²) in [4.78, 5) is 37.3. The zero-order valence-corrected chi connectivity index (χ0v) is 21.6. The first-order valence-corrected chi connectivity index (χ1v) is 13.3. The molecule has 1 aromatic heterocycles. The molecule has 2 aliphatic rings. The topological polar surface area (TPSA) is 62.9 Å². The lowest BCUT2D eigenvalue weighted by atomic mass is 10.1. The summed E-state index contributed by atoms with van der Waals surface area (Å²) in [5.74, 6) is 0.0458. The van der Waals surface area contributed by atoms with Gasteiger partial charge in [0.2, 0.25) is 5.91 Å². The largest absolute Gasteiger partial charge is 0.361 e. The van der Waals surface area contributed by atoms with E-state index >= 15 is 0 Å². The van der Waals surface area contributed by atoms with Crippen LogP contribution in [-0.2, 0) is 11.2 Å². The van der Waals surface area contributed by atoms with Gasteiger partial charge in [-0.1, -0.05) is 17.7 Å². The van der Waals surface area contributed by atoms with Gasteiger partial charge in [-0.25, -0.2) is 4.39 Å². The number of amides is 2. The number of benzene rings is 2. The zero-order chi connectivity index (χ0) is 25.8. The van der Waals surface area contributed by atoms with Crippen LogP contribution in [0.4, 0.5) is 4.39 Å². The standard InChI is InChI=1S/C29H36FN5O2/c1-22-4-6-23(7-5-22)29(37)35-17-13-33(14-18-35)21-28(36)34-15-11-32(12-16-34)10-2-3-24-20-31-27-9-8-25(30)19-26(24)27/h4-9,19-20,31H,2-3,10-18,21H2,1H3. The first-order valence-electron chi connectivity index (χ1n) is 13.3. The van der Waals surface area contributed by atoms with Crippen LogP contribution >= 0.6 is 0 Å². The van der Waals surface area contributed by atoms with Crippen molar-refractivity contribution in [2.45, 2.75) is 19.8 Å². The van der Waals surface area contributed by atoms with Crippen LogP contribution in [0.3, 0.4) is 0 Å². The van der Waals surface area contributed by atoms with Gasteiger partial charge in [-0.15, -0.1) is 0 Å². The van der Waals surface area contributed by atoms with Crippen LogP contribution in [0.1, 0.15) is 27.9 Å². The molecule has 2 saturated heterocycles. The number of halogens is 1. The van der Waals surface area contributed by atoms with Crippen molar-refractivity contribution < 1.29 is 14.0 Å². The smallest absolute Gasteiger partial charge is 0.253 e. The molecule has 7 nitrogen and oxygen atoms in total. The van der Waals surface area contributed by atoms with Crippen molar-refractivity contribution in [1.82, 2.24) is 24.6 Å². The molecule has 2 aliphatic heterocycles. The molecule has 0 spiro atoms. The number of nitrogens with one attached hydrogen (secondary N) is 1. The first kappa shape index (κ1) is 25.4. The molecule has 0 aliphatic carbocycles. The number of aromatic nitrogens is 1. The van der Waals surface area contributed by atoms with Gasteiger partial charge in [0, 0.05) is 75.0 Å². The third-order valence-corrected chi connectivity index (χ3v) is 7.69. The molecule has 8 heteroatoms. The lowest BCUT2D eigenvalue weighted by molar-refractivity contribution is -0.134. The second-order valence-corrected chi connectivity index (χ2v) is 10.3. The molecule has 0 saturated carbocycles. The zero-order valence-electron chi connectivity index (χ0n) is 21.6. The molecule has 2 aromatic carbocycles. The third-order valence-electron chi connectivity index (χ3n) is 7.69. The lowest BCUT2D eigenvalue weighted by Gasteiger charge is -2.38. The molecule has 0 atom stereocenters. The van der Waals surface area contributed by atoms with Crippen LogP contribution in [0.25, 0.3) is 10.9 Å². The van der Waals surface area contributed by atoms with Gasteiger partial charge >= 0.3 is 0 Å². The molecule has 196 valence electrons. The van der Waals surface area contributed by atoms with Crippen molar-refractivity contribution in [2.75, 3.05) is 65.4 Å². The quantitative estimate of drug-likeness (QED) is 0.536. The highest BCUT2D eigenvalue weighted by Gasteiger charge is 2.26. The van der Waals surface area contributed by atoms with Crippen LogP contribution in [0, 0.1) is 12.7 Å². The molecule has 3 heterocycles. The van der Waals surface area contributed by atoms with Gasteiger partial charge in [-0.3, -0.25) is 19.4 Å². The van der Waals surface area contributed by atoms with E-state index in [9.17, 15) is 14.0 Å². The van der Waals surface area contributed by atoms with E-state index in [0.29, 0.717) is 19.6 Å². The third kappa shape index (κ3) is 6.19. The highest BCUT2D eigenvalue weighted by molar-refractivity contribution is 5.94. The Bertz CT molecular complexity index is 1220. The second kappa shape index (κ2) is 11.4. The van der Waals surface area contributed by atoms with Crippen LogP contribution in [0.5, 0.6) is 0 Å². The normalized spacial score (nSPS) is 17.5. The number of H-pyrrole nitrogens is 1. The molecule has 1 N–H and O–H groups in total. The number of aryl methyl sites for hydroxylation is 2. The summed E-state index contributed by atoms with van der Waals surface area (Å²) in [5, 5.41) is 0.968. The van der Waals surface area contributed by atoms with E-state index in [4.69, 9.17) is 0 Å². The van der Waals surface area contributed by atoms with E-state index in [-0.39, 0.29) is 17.6 Å². The van der Waals surface area contributed by atoms with E-state index < -0.39 is 0 Å². The molecule has 5 rings (SSSR count). The van der Waals surface area contributed by atoms with E-state index in [1.807, 2.05) is 47.2 Å². The monoisotopic (exact) mass is 505 g/mol. The minimum atomic E-state index is -0.202. The SMILES string of the molecule is Cc1ccc(C(=O)N2CCN(CC(=O)N3CCN(CCCc4c[nH]c5ccc(F)cc45)CC3)CC2)cc1. The first-order chi connectivity index (χ1) is 18.0. The van der Waals surface area contributed by atoms with Crippen LogP contribution in [0.15, 0.2) is 48.7 Å². The predicted molar refractivity (Wildman–Crippen MR) is 143 cm³/mol. The summed E-state index contributed by atoms with van der Waals surface area (Å²) in [6.07, 6.45) is 3.89. The van der Waals surface area contributed by atoms with Crippen LogP contribution in [-0.4, -0.2) is 102 Å².